The van der Waals surface area contributed by atoms with Gasteiger partial charge in [-0.1, -0.05) is 6.42 Å². The van der Waals surface area contributed by atoms with Crippen molar-refractivity contribution in [2.75, 3.05) is 19.6 Å². The van der Waals surface area contributed by atoms with Gasteiger partial charge in [-0.25, -0.2) is 0 Å². The van der Waals surface area contributed by atoms with Crippen molar-refractivity contribution in [1.82, 2.24) is 10.2 Å². The van der Waals surface area contributed by atoms with Crippen molar-refractivity contribution in [3.05, 3.63) is 0 Å². The number of carbonyl (C=O) groups excluding carboxylic acids is 1. The molecule has 76 valence electrons. The van der Waals surface area contributed by atoms with Gasteiger partial charge in [0.1, 0.15) is 0 Å². The smallest absolute Gasteiger partial charge is 0.228 e. The summed E-state index contributed by atoms with van der Waals surface area (Å²) >= 11 is 0. The average molecular weight is 193 g/mol. The molecule has 0 bridgehead atoms. The van der Waals surface area contributed by atoms with Crippen LogP contribution in [0.1, 0.15) is 25.7 Å². The van der Waals surface area contributed by atoms with Crippen LogP contribution in [0.3, 0.4) is 0 Å². The molecule has 1 spiro atoms. The summed E-state index contributed by atoms with van der Waals surface area (Å²) in [5.74, 6) is 0.160. The zero-order chi connectivity index (χ0) is 10.0. The number of nitrogens with zero attached hydrogens (tertiary/aromatic N) is 2. The Morgan fingerprint density at radius 3 is 3.00 bits per heavy atom. The fraction of sp³-hybridized carbons (Fsp3) is 0.800. The molecule has 1 unspecified atom stereocenters. The van der Waals surface area contributed by atoms with Gasteiger partial charge in [-0.05, 0) is 19.3 Å². The molecule has 0 aromatic rings. The van der Waals surface area contributed by atoms with Crippen LogP contribution in [0.2, 0.25) is 0 Å². The van der Waals surface area contributed by atoms with Crippen LogP contribution in [0.5, 0.6) is 0 Å². The van der Waals surface area contributed by atoms with E-state index in [0.717, 1.165) is 38.8 Å². The number of hydrogen-bond donors (Lipinski definition) is 1. The van der Waals surface area contributed by atoms with Gasteiger partial charge in [-0.2, -0.15) is 5.26 Å². The Kier molecular flexibility index (Phi) is 2.32. The van der Waals surface area contributed by atoms with Crippen LogP contribution in [-0.4, -0.2) is 30.4 Å². The molecule has 2 heterocycles. The van der Waals surface area contributed by atoms with Crippen molar-refractivity contribution in [2.24, 2.45) is 5.41 Å². The zero-order valence-corrected chi connectivity index (χ0v) is 8.25. The van der Waals surface area contributed by atoms with E-state index in [1.807, 2.05) is 0 Å². The van der Waals surface area contributed by atoms with Gasteiger partial charge < -0.3 is 10.2 Å². The second kappa shape index (κ2) is 3.49. The van der Waals surface area contributed by atoms with Crippen molar-refractivity contribution < 1.29 is 4.79 Å². The molecule has 2 aliphatic heterocycles. The molecule has 1 N–H and O–H groups in total. The second-order valence-electron chi connectivity index (χ2n) is 4.26. The van der Waals surface area contributed by atoms with Crippen LogP contribution < -0.4 is 5.32 Å². The first-order valence-electron chi connectivity index (χ1n) is 5.20. The van der Waals surface area contributed by atoms with E-state index < -0.39 is 0 Å². The van der Waals surface area contributed by atoms with Crippen LogP contribution in [0.4, 0.5) is 0 Å². The Balaban J connectivity index is 2.14. The quantitative estimate of drug-likeness (QED) is 0.569. The lowest BCUT2D eigenvalue weighted by Crippen LogP contribution is -2.41. The fourth-order valence-electron chi connectivity index (χ4n) is 2.44. The van der Waals surface area contributed by atoms with Crippen molar-refractivity contribution in [3.63, 3.8) is 0 Å². The predicted molar refractivity (Wildman–Crippen MR) is 51.1 cm³/mol. The van der Waals surface area contributed by atoms with Gasteiger partial charge in [0, 0.05) is 19.6 Å². The number of carbonyl (C=O) groups is 1. The first-order valence-corrected chi connectivity index (χ1v) is 5.20. The molecular weight excluding hydrogens is 178 g/mol. The standard InChI is InChI=1S/C10H15N3O/c11-8-13-6-4-10(7-13)3-1-2-5-12-9(10)14/h1-7H2,(H,12,14). The van der Waals surface area contributed by atoms with E-state index in [1.165, 1.54) is 0 Å². The monoisotopic (exact) mass is 193 g/mol. The van der Waals surface area contributed by atoms with E-state index in [2.05, 4.69) is 11.5 Å². The van der Waals surface area contributed by atoms with Gasteiger partial charge in [0.2, 0.25) is 5.91 Å². The van der Waals surface area contributed by atoms with E-state index >= 15 is 0 Å². The molecular formula is C10H15N3O. The van der Waals surface area contributed by atoms with Gasteiger partial charge in [0.25, 0.3) is 0 Å². The SMILES string of the molecule is N#CN1CCC2(CCCCNC2=O)C1. The predicted octanol–water partition coefficient (Wildman–Crippen LogP) is 0.460. The third kappa shape index (κ3) is 1.43. The molecule has 0 saturated carbocycles. The topological polar surface area (TPSA) is 56.1 Å². The first kappa shape index (κ1) is 9.32. The van der Waals surface area contributed by atoms with Crippen molar-refractivity contribution in [1.29, 1.82) is 5.26 Å². The number of nitrogens with one attached hydrogen (secondary N) is 1. The molecule has 2 aliphatic rings. The highest BCUT2D eigenvalue weighted by molar-refractivity contribution is 5.83. The minimum Gasteiger partial charge on any atom is -0.356 e. The summed E-state index contributed by atoms with van der Waals surface area (Å²) in [6.45, 7) is 2.16. The van der Waals surface area contributed by atoms with Gasteiger partial charge in [0.15, 0.2) is 6.19 Å². The minimum atomic E-state index is -0.258. The van der Waals surface area contributed by atoms with Crippen molar-refractivity contribution in [2.45, 2.75) is 25.7 Å². The van der Waals surface area contributed by atoms with Crippen LogP contribution in [-0.2, 0) is 4.79 Å². The molecule has 2 rings (SSSR count). The lowest BCUT2D eigenvalue weighted by molar-refractivity contribution is -0.130. The summed E-state index contributed by atoms with van der Waals surface area (Å²) in [5, 5.41) is 11.7. The van der Waals surface area contributed by atoms with Gasteiger partial charge in [0.05, 0.1) is 5.41 Å². The van der Waals surface area contributed by atoms with E-state index in [9.17, 15) is 4.79 Å². The molecule has 14 heavy (non-hydrogen) atoms. The molecule has 0 aromatic carbocycles. The zero-order valence-electron chi connectivity index (χ0n) is 8.25. The van der Waals surface area contributed by atoms with Crippen molar-refractivity contribution in [3.8, 4) is 6.19 Å². The molecule has 0 aromatic heterocycles. The summed E-state index contributed by atoms with van der Waals surface area (Å²) in [7, 11) is 0. The first-order chi connectivity index (χ1) is 6.77. The number of amides is 1. The van der Waals surface area contributed by atoms with E-state index in [1.54, 1.807) is 4.90 Å². The van der Waals surface area contributed by atoms with Crippen LogP contribution in [0.25, 0.3) is 0 Å². The highest BCUT2D eigenvalue weighted by Crippen LogP contribution is 2.36. The molecule has 2 saturated heterocycles. The maximum Gasteiger partial charge on any atom is 0.228 e. The van der Waals surface area contributed by atoms with Crippen LogP contribution in [0, 0.1) is 16.9 Å². The maximum absolute atomic E-state index is 11.9. The highest BCUT2D eigenvalue weighted by atomic mass is 16.2. The van der Waals surface area contributed by atoms with Crippen LogP contribution in [0.15, 0.2) is 0 Å². The molecule has 4 nitrogen and oxygen atoms in total. The number of rotatable bonds is 0. The fourth-order valence-corrected chi connectivity index (χ4v) is 2.44. The molecule has 1 amide bonds. The largest absolute Gasteiger partial charge is 0.356 e. The van der Waals surface area contributed by atoms with Gasteiger partial charge in [-0.3, -0.25) is 4.79 Å². The number of likely N-dealkylation sites (tertiary alicyclic amines) is 1. The minimum absolute atomic E-state index is 0.160. The summed E-state index contributed by atoms with van der Waals surface area (Å²) in [6.07, 6.45) is 6.08. The Morgan fingerprint density at radius 2 is 2.29 bits per heavy atom. The Labute approximate surface area is 83.9 Å². The molecule has 1 atom stereocenters. The molecule has 2 fully saturated rings. The summed E-state index contributed by atoms with van der Waals surface area (Å²) < 4.78 is 0. The van der Waals surface area contributed by atoms with E-state index in [-0.39, 0.29) is 11.3 Å². The average Bonchev–Trinajstić information content (AvgIpc) is 2.53. The highest BCUT2D eigenvalue weighted by Gasteiger charge is 2.44. The molecule has 0 aliphatic carbocycles. The second-order valence-corrected chi connectivity index (χ2v) is 4.26. The molecule has 4 heteroatoms. The maximum atomic E-state index is 11.9. The number of nitriles is 1. The molecule has 0 radical (unpaired) electrons. The summed E-state index contributed by atoms with van der Waals surface area (Å²) in [4.78, 5) is 13.6. The third-order valence-electron chi connectivity index (χ3n) is 3.34. The lowest BCUT2D eigenvalue weighted by Gasteiger charge is -2.24. The van der Waals surface area contributed by atoms with Gasteiger partial charge in [-0.15, -0.1) is 0 Å². The van der Waals surface area contributed by atoms with E-state index in [0.29, 0.717) is 6.54 Å². The number of hydrogen-bond acceptors (Lipinski definition) is 3. The Bertz CT molecular complexity index is 284. The Morgan fingerprint density at radius 1 is 1.43 bits per heavy atom. The third-order valence-corrected chi connectivity index (χ3v) is 3.34. The summed E-state index contributed by atoms with van der Waals surface area (Å²) in [6, 6.07) is 0. The lowest BCUT2D eigenvalue weighted by atomic mass is 9.82. The van der Waals surface area contributed by atoms with E-state index in [4.69, 9.17) is 5.26 Å². The normalized spacial score (nSPS) is 32.5. The van der Waals surface area contributed by atoms with Gasteiger partial charge >= 0.3 is 0 Å². The van der Waals surface area contributed by atoms with Crippen molar-refractivity contribution >= 4 is 5.91 Å². The Hall–Kier alpha value is -1.24. The summed E-state index contributed by atoms with van der Waals surface area (Å²) in [5.41, 5.74) is -0.258. The van der Waals surface area contributed by atoms with Crippen LogP contribution >= 0.6 is 0 Å².